The Hall–Kier alpha value is -1.96. The predicted octanol–water partition coefficient (Wildman–Crippen LogP) is 4.02. The molecule has 0 radical (unpaired) electrons. The molecule has 204 valence electrons. The van der Waals surface area contributed by atoms with Crippen LogP contribution in [0.25, 0.3) is 0 Å². The molecule has 4 aliphatic rings. The van der Waals surface area contributed by atoms with E-state index in [1.54, 1.807) is 31.2 Å². The lowest BCUT2D eigenvalue weighted by Gasteiger charge is -2.66. The largest absolute Gasteiger partial charge is 0.462 e. The average Bonchev–Trinajstić information content (AvgIpc) is 3.08. The Kier molecular flexibility index (Phi) is 6.52. The van der Waals surface area contributed by atoms with Gasteiger partial charge in [0, 0.05) is 6.92 Å². The van der Waals surface area contributed by atoms with Gasteiger partial charge in [-0.25, -0.2) is 4.79 Å². The standard InChI is InChI=1S/C30H42O7/c1-18(36-26(33)20-8-6-5-7-9-20)29(34)14-15-30(35)23-11-10-21-16-22(32)12-13-27(21,3)24(23)17-25(28(29,30)4)37-19(2)31/h5-9,18,21-25,32,34-35H,10-17H2,1-4H3/t18-,21-,22-,23+,24-,25+,27-,28+,29+,30-/m0/s1. The minimum atomic E-state index is -1.59. The first-order valence-corrected chi connectivity index (χ1v) is 13.9. The van der Waals surface area contributed by atoms with E-state index < -0.39 is 40.8 Å². The fourth-order valence-electron chi connectivity index (χ4n) is 9.14. The summed E-state index contributed by atoms with van der Waals surface area (Å²) in [6.45, 7) is 7.15. The molecule has 5 rings (SSSR count). The quantitative estimate of drug-likeness (QED) is 0.520. The predicted molar refractivity (Wildman–Crippen MR) is 136 cm³/mol. The van der Waals surface area contributed by atoms with Crippen molar-refractivity contribution in [1.82, 2.24) is 0 Å². The number of carbonyl (C=O) groups is 2. The fraction of sp³-hybridized carbons (Fsp3) is 0.733. The lowest BCUT2D eigenvalue weighted by Crippen LogP contribution is -2.72. The lowest BCUT2D eigenvalue weighted by atomic mass is 9.42. The van der Waals surface area contributed by atoms with Gasteiger partial charge in [0.25, 0.3) is 0 Å². The van der Waals surface area contributed by atoms with E-state index in [1.807, 2.05) is 13.0 Å². The maximum Gasteiger partial charge on any atom is 0.338 e. The summed E-state index contributed by atoms with van der Waals surface area (Å²) in [4.78, 5) is 25.3. The summed E-state index contributed by atoms with van der Waals surface area (Å²) in [6, 6.07) is 8.66. The molecule has 0 spiro atoms. The summed E-state index contributed by atoms with van der Waals surface area (Å²) < 4.78 is 11.8. The molecule has 37 heavy (non-hydrogen) atoms. The normalized spacial score (nSPS) is 45.6. The molecule has 4 saturated carbocycles. The molecule has 0 amide bonds. The molecule has 1 aromatic carbocycles. The highest BCUT2D eigenvalue weighted by Gasteiger charge is 2.77. The van der Waals surface area contributed by atoms with Gasteiger partial charge in [0.2, 0.25) is 0 Å². The number of benzene rings is 1. The summed E-state index contributed by atoms with van der Waals surface area (Å²) in [6.07, 6.45) is 3.27. The van der Waals surface area contributed by atoms with Gasteiger partial charge in [-0.15, -0.1) is 0 Å². The van der Waals surface area contributed by atoms with Crippen molar-refractivity contribution in [3.8, 4) is 0 Å². The number of fused-ring (bicyclic) bond motifs is 5. The highest BCUT2D eigenvalue weighted by Crippen LogP contribution is 2.71. The van der Waals surface area contributed by atoms with E-state index >= 15 is 0 Å². The Morgan fingerprint density at radius 1 is 0.973 bits per heavy atom. The van der Waals surface area contributed by atoms with Crippen molar-refractivity contribution in [3.63, 3.8) is 0 Å². The molecule has 0 aliphatic heterocycles. The zero-order chi connectivity index (χ0) is 26.8. The minimum Gasteiger partial charge on any atom is -0.462 e. The van der Waals surface area contributed by atoms with Crippen LogP contribution < -0.4 is 0 Å². The minimum absolute atomic E-state index is 0.0770. The molecule has 10 atom stereocenters. The number of aliphatic hydroxyl groups is 3. The highest BCUT2D eigenvalue weighted by atomic mass is 16.6. The van der Waals surface area contributed by atoms with E-state index in [0.29, 0.717) is 24.3 Å². The van der Waals surface area contributed by atoms with Crippen LogP contribution in [0.2, 0.25) is 0 Å². The molecule has 1 aromatic rings. The topological polar surface area (TPSA) is 113 Å². The van der Waals surface area contributed by atoms with E-state index in [-0.39, 0.29) is 29.8 Å². The third-order valence-corrected chi connectivity index (χ3v) is 11.3. The molecule has 0 heterocycles. The second-order valence-corrected chi connectivity index (χ2v) is 12.7. The Balaban J connectivity index is 1.51. The van der Waals surface area contributed by atoms with E-state index in [4.69, 9.17) is 9.47 Å². The maximum absolute atomic E-state index is 12.9. The van der Waals surface area contributed by atoms with Gasteiger partial charge in [0.1, 0.15) is 17.8 Å². The van der Waals surface area contributed by atoms with Crippen molar-refractivity contribution < 1.29 is 34.4 Å². The van der Waals surface area contributed by atoms with Crippen LogP contribution in [0, 0.1) is 28.6 Å². The van der Waals surface area contributed by atoms with Gasteiger partial charge in [-0.05, 0) is 93.6 Å². The van der Waals surface area contributed by atoms with Crippen LogP contribution in [0.5, 0.6) is 0 Å². The zero-order valence-electron chi connectivity index (χ0n) is 22.5. The van der Waals surface area contributed by atoms with E-state index in [2.05, 4.69) is 6.92 Å². The highest BCUT2D eigenvalue weighted by molar-refractivity contribution is 5.89. The van der Waals surface area contributed by atoms with Crippen LogP contribution in [0.15, 0.2) is 30.3 Å². The van der Waals surface area contributed by atoms with Crippen LogP contribution >= 0.6 is 0 Å². The Bertz CT molecular complexity index is 1040. The Morgan fingerprint density at radius 2 is 1.68 bits per heavy atom. The van der Waals surface area contributed by atoms with Crippen LogP contribution in [0.4, 0.5) is 0 Å². The van der Waals surface area contributed by atoms with Crippen molar-refractivity contribution >= 4 is 11.9 Å². The van der Waals surface area contributed by atoms with Crippen molar-refractivity contribution in [1.29, 1.82) is 0 Å². The molecular weight excluding hydrogens is 472 g/mol. The number of carbonyl (C=O) groups excluding carboxylic acids is 2. The van der Waals surface area contributed by atoms with Crippen molar-refractivity contribution in [2.45, 2.75) is 109 Å². The van der Waals surface area contributed by atoms with Gasteiger partial charge in [0.15, 0.2) is 0 Å². The van der Waals surface area contributed by atoms with Gasteiger partial charge in [-0.3, -0.25) is 4.79 Å². The Labute approximate surface area is 219 Å². The number of esters is 2. The number of ether oxygens (including phenoxy) is 2. The molecule has 7 heteroatoms. The number of aliphatic hydroxyl groups excluding tert-OH is 1. The average molecular weight is 515 g/mol. The maximum atomic E-state index is 12.9. The summed E-state index contributed by atoms with van der Waals surface area (Å²) >= 11 is 0. The van der Waals surface area contributed by atoms with Gasteiger partial charge in [-0.1, -0.05) is 32.0 Å². The summed E-state index contributed by atoms with van der Waals surface area (Å²) in [5, 5.41) is 35.3. The molecule has 0 bridgehead atoms. The van der Waals surface area contributed by atoms with E-state index in [1.165, 1.54) is 6.92 Å². The van der Waals surface area contributed by atoms with Crippen LogP contribution in [0.3, 0.4) is 0 Å². The van der Waals surface area contributed by atoms with Gasteiger partial charge in [-0.2, -0.15) is 0 Å². The molecule has 4 fully saturated rings. The molecule has 0 aromatic heterocycles. The molecular formula is C30H42O7. The lowest BCUT2D eigenvalue weighted by molar-refractivity contribution is -0.288. The molecule has 7 nitrogen and oxygen atoms in total. The SMILES string of the molecule is CC(=O)O[C@@H]1C[C@H]2[C@@H](CC[C@H]3C[C@@H](O)CC[C@@]32C)[C@@]2(O)CC[C@@](O)([C@H](C)OC(=O)c3ccccc3)[C@@]12C. The summed E-state index contributed by atoms with van der Waals surface area (Å²) in [5.74, 6) is -0.606. The van der Waals surface area contributed by atoms with Crippen LogP contribution in [0.1, 0.15) is 89.4 Å². The summed E-state index contributed by atoms with van der Waals surface area (Å²) in [7, 11) is 0. The van der Waals surface area contributed by atoms with Gasteiger partial charge >= 0.3 is 11.9 Å². The third-order valence-electron chi connectivity index (χ3n) is 11.3. The smallest absolute Gasteiger partial charge is 0.338 e. The zero-order valence-corrected chi connectivity index (χ0v) is 22.5. The van der Waals surface area contributed by atoms with Crippen LogP contribution in [-0.2, 0) is 14.3 Å². The second-order valence-electron chi connectivity index (χ2n) is 12.7. The molecule has 0 saturated heterocycles. The summed E-state index contributed by atoms with van der Waals surface area (Å²) in [5.41, 5.74) is -3.79. The first kappa shape index (κ1) is 26.6. The number of hydrogen-bond donors (Lipinski definition) is 3. The van der Waals surface area contributed by atoms with Gasteiger partial charge < -0.3 is 24.8 Å². The first-order valence-electron chi connectivity index (χ1n) is 13.9. The number of rotatable bonds is 4. The van der Waals surface area contributed by atoms with E-state index in [0.717, 1.165) is 32.1 Å². The fourth-order valence-corrected chi connectivity index (χ4v) is 9.14. The monoisotopic (exact) mass is 514 g/mol. The van der Waals surface area contributed by atoms with Crippen molar-refractivity contribution in [2.75, 3.05) is 0 Å². The van der Waals surface area contributed by atoms with Gasteiger partial charge in [0.05, 0.1) is 22.7 Å². The Morgan fingerprint density at radius 3 is 2.35 bits per heavy atom. The molecule has 3 N–H and O–H groups in total. The third kappa shape index (κ3) is 3.79. The second kappa shape index (κ2) is 9.06. The van der Waals surface area contributed by atoms with Crippen LogP contribution in [-0.4, -0.2) is 56.8 Å². The number of hydrogen-bond acceptors (Lipinski definition) is 7. The van der Waals surface area contributed by atoms with E-state index in [9.17, 15) is 24.9 Å². The van der Waals surface area contributed by atoms with Crippen molar-refractivity contribution in [2.24, 2.45) is 28.6 Å². The molecule has 4 aliphatic carbocycles. The van der Waals surface area contributed by atoms with Crippen molar-refractivity contribution in [3.05, 3.63) is 35.9 Å². The first-order chi connectivity index (χ1) is 17.4. The molecule has 0 unspecified atom stereocenters.